The monoisotopic (exact) mass is 284 g/mol. The number of thioether (sulfide) groups is 1. The van der Waals surface area contributed by atoms with Crippen LogP contribution in [0.25, 0.3) is 0 Å². The SMILES string of the molecule is CC1(C)CCN(C(=O)c2ccncc2Cl)CCS1. The number of pyridine rings is 1. The van der Waals surface area contributed by atoms with Crippen molar-refractivity contribution in [3.05, 3.63) is 29.0 Å². The molecule has 2 heterocycles. The summed E-state index contributed by atoms with van der Waals surface area (Å²) in [6, 6.07) is 1.69. The molecule has 1 aliphatic rings. The summed E-state index contributed by atoms with van der Waals surface area (Å²) in [5.74, 6) is 0.988. The Kier molecular flexibility index (Phi) is 4.17. The van der Waals surface area contributed by atoms with Crippen molar-refractivity contribution >= 4 is 29.3 Å². The molecule has 0 aromatic carbocycles. The fourth-order valence-corrected chi connectivity index (χ4v) is 3.24. The number of halogens is 1. The maximum absolute atomic E-state index is 12.4. The van der Waals surface area contributed by atoms with E-state index >= 15 is 0 Å². The second-order valence-corrected chi connectivity index (χ2v) is 7.22. The van der Waals surface area contributed by atoms with Crippen molar-refractivity contribution in [3.63, 3.8) is 0 Å². The van der Waals surface area contributed by atoms with Crippen LogP contribution in [0.4, 0.5) is 0 Å². The van der Waals surface area contributed by atoms with E-state index in [4.69, 9.17) is 11.6 Å². The van der Waals surface area contributed by atoms with E-state index in [-0.39, 0.29) is 10.7 Å². The molecule has 0 bridgehead atoms. The molecule has 5 heteroatoms. The van der Waals surface area contributed by atoms with Crippen LogP contribution in [-0.2, 0) is 0 Å². The Labute approximate surface area is 117 Å². The molecular formula is C13H17ClN2OS. The smallest absolute Gasteiger partial charge is 0.255 e. The third-order valence-electron chi connectivity index (χ3n) is 3.13. The number of rotatable bonds is 1. The van der Waals surface area contributed by atoms with Crippen molar-refractivity contribution in [2.24, 2.45) is 0 Å². The molecule has 98 valence electrons. The Morgan fingerprint density at radius 1 is 1.50 bits per heavy atom. The number of aromatic nitrogens is 1. The maximum atomic E-state index is 12.4. The number of hydrogen-bond acceptors (Lipinski definition) is 3. The summed E-state index contributed by atoms with van der Waals surface area (Å²) >= 11 is 7.94. The van der Waals surface area contributed by atoms with Gasteiger partial charge in [-0.1, -0.05) is 25.4 Å². The molecule has 0 saturated carbocycles. The molecule has 1 saturated heterocycles. The molecule has 3 nitrogen and oxygen atoms in total. The Balaban J connectivity index is 2.13. The number of hydrogen-bond donors (Lipinski definition) is 0. The zero-order valence-corrected chi connectivity index (χ0v) is 12.2. The molecule has 0 aliphatic carbocycles. The molecule has 0 spiro atoms. The molecule has 0 N–H and O–H groups in total. The Bertz CT molecular complexity index is 450. The van der Waals surface area contributed by atoms with E-state index in [0.717, 1.165) is 25.3 Å². The van der Waals surface area contributed by atoms with Gasteiger partial charge in [0.2, 0.25) is 0 Å². The molecule has 1 aliphatic heterocycles. The summed E-state index contributed by atoms with van der Waals surface area (Å²) in [5.41, 5.74) is 0.552. The largest absolute Gasteiger partial charge is 0.338 e. The molecule has 18 heavy (non-hydrogen) atoms. The third-order valence-corrected chi connectivity index (χ3v) is 4.80. The maximum Gasteiger partial charge on any atom is 0.255 e. The summed E-state index contributed by atoms with van der Waals surface area (Å²) in [4.78, 5) is 18.2. The van der Waals surface area contributed by atoms with Gasteiger partial charge in [0.1, 0.15) is 0 Å². The summed E-state index contributed by atoms with van der Waals surface area (Å²) < 4.78 is 0.247. The molecular weight excluding hydrogens is 268 g/mol. The first-order chi connectivity index (χ1) is 8.49. The normalized spacial score (nSPS) is 19.4. The minimum atomic E-state index is 0.0145. The summed E-state index contributed by atoms with van der Waals surface area (Å²) in [6.45, 7) is 6.03. The van der Waals surface area contributed by atoms with E-state index in [9.17, 15) is 4.79 Å². The lowest BCUT2D eigenvalue weighted by molar-refractivity contribution is 0.0764. The van der Waals surface area contributed by atoms with Crippen molar-refractivity contribution in [1.82, 2.24) is 9.88 Å². The van der Waals surface area contributed by atoms with Gasteiger partial charge in [0.05, 0.1) is 10.6 Å². The molecule has 1 amide bonds. The second-order valence-electron chi connectivity index (χ2n) is 5.01. The van der Waals surface area contributed by atoms with Gasteiger partial charge in [-0.2, -0.15) is 11.8 Å². The molecule has 0 radical (unpaired) electrons. The topological polar surface area (TPSA) is 33.2 Å². The first-order valence-corrected chi connectivity index (χ1v) is 7.39. The van der Waals surface area contributed by atoms with Crippen molar-refractivity contribution in [2.45, 2.75) is 25.0 Å². The zero-order valence-electron chi connectivity index (χ0n) is 10.6. The van der Waals surface area contributed by atoms with Gasteiger partial charge >= 0.3 is 0 Å². The Morgan fingerprint density at radius 3 is 3.00 bits per heavy atom. The highest BCUT2D eigenvalue weighted by Gasteiger charge is 2.27. The average Bonchev–Trinajstić information content (AvgIpc) is 2.50. The number of carbonyl (C=O) groups excluding carboxylic acids is 1. The van der Waals surface area contributed by atoms with Crippen LogP contribution >= 0.6 is 23.4 Å². The van der Waals surface area contributed by atoms with Crippen LogP contribution in [0.15, 0.2) is 18.5 Å². The van der Waals surface area contributed by atoms with Crippen molar-refractivity contribution in [1.29, 1.82) is 0 Å². The predicted molar refractivity (Wildman–Crippen MR) is 76.3 cm³/mol. The first-order valence-electron chi connectivity index (χ1n) is 6.02. The first kappa shape index (κ1) is 13.7. The lowest BCUT2D eigenvalue weighted by atomic mass is 10.1. The van der Waals surface area contributed by atoms with Crippen LogP contribution in [0, 0.1) is 0 Å². The van der Waals surface area contributed by atoms with Crippen LogP contribution in [0.5, 0.6) is 0 Å². The Hall–Kier alpha value is -0.740. The van der Waals surface area contributed by atoms with Crippen LogP contribution in [0.2, 0.25) is 5.02 Å². The third kappa shape index (κ3) is 3.18. The van der Waals surface area contributed by atoms with Gasteiger partial charge in [-0.3, -0.25) is 9.78 Å². The van der Waals surface area contributed by atoms with Crippen molar-refractivity contribution < 1.29 is 4.79 Å². The Morgan fingerprint density at radius 2 is 2.28 bits per heavy atom. The predicted octanol–water partition coefficient (Wildman–Crippen LogP) is 3.09. The molecule has 0 atom stereocenters. The van der Waals surface area contributed by atoms with Gasteiger partial charge in [-0.25, -0.2) is 0 Å². The molecule has 2 rings (SSSR count). The second kappa shape index (κ2) is 5.49. The summed E-state index contributed by atoms with van der Waals surface area (Å²) in [5, 5.41) is 0.429. The van der Waals surface area contributed by atoms with Gasteiger partial charge in [0.25, 0.3) is 5.91 Å². The average molecular weight is 285 g/mol. The van der Waals surface area contributed by atoms with Crippen molar-refractivity contribution in [3.8, 4) is 0 Å². The lowest BCUT2D eigenvalue weighted by Crippen LogP contribution is -2.33. The van der Waals surface area contributed by atoms with E-state index in [2.05, 4.69) is 18.8 Å². The number of carbonyl (C=O) groups is 1. The highest BCUT2D eigenvalue weighted by Crippen LogP contribution is 2.31. The van der Waals surface area contributed by atoms with E-state index in [1.807, 2.05) is 16.7 Å². The minimum Gasteiger partial charge on any atom is -0.338 e. The van der Waals surface area contributed by atoms with E-state index in [0.29, 0.717) is 10.6 Å². The highest BCUT2D eigenvalue weighted by molar-refractivity contribution is 8.00. The summed E-state index contributed by atoms with van der Waals surface area (Å²) in [6.07, 6.45) is 4.13. The van der Waals surface area contributed by atoms with E-state index < -0.39 is 0 Å². The quantitative estimate of drug-likeness (QED) is 0.794. The summed E-state index contributed by atoms with van der Waals surface area (Å²) in [7, 11) is 0. The van der Waals surface area contributed by atoms with Crippen molar-refractivity contribution in [2.75, 3.05) is 18.8 Å². The van der Waals surface area contributed by atoms with Gasteiger partial charge < -0.3 is 4.90 Å². The van der Waals surface area contributed by atoms with Crippen LogP contribution in [0.3, 0.4) is 0 Å². The van der Waals surface area contributed by atoms with Gasteiger partial charge in [-0.15, -0.1) is 0 Å². The molecule has 1 aromatic rings. The minimum absolute atomic E-state index is 0.0145. The lowest BCUT2D eigenvalue weighted by Gasteiger charge is -2.23. The van der Waals surface area contributed by atoms with Crippen LogP contribution < -0.4 is 0 Å². The van der Waals surface area contributed by atoms with E-state index in [1.54, 1.807) is 12.3 Å². The standard InChI is InChI=1S/C13H17ClN2OS/c1-13(2)4-6-16(7-8-18-13)12(17)10-3-5-15-9-11(10)14/h3,5,9H,4,6-8H2,1-2H3. The van der Waals surface area contributed by atoms with Gasteiger partial charge in [0.15, 0.2) is 0 Å². The van der Waals surface area contributed by atoms with Crippen LogP contribution in [0.1, 0.15) is 30.6 Å². The highest BCUT2D eigenvalue weighted by atomic mass is 35.5. The van der Waals surface area contributed by atoms with Crippen LogP contribution in [-0.4, -0.2) is 39.4 Å². The fraction of sp³-hybridized carbons (Fsp3) is 0.538. The number of nitrogens with zero attached hydrogens (tertiary/aromatic N) is 2. The zero-order chi connectivity index (χ0) is 13.2. The van der Waals surface area contributed by atoms with Gasteiger partial charge in [0, 0.05) is 36.0 Å². The molecule has 0 unspecified atom stereocenters. The van der Waals surface area contributed by atoms with E-state index in [1.165, 1.54) is 6.20 Å². The number of amides is 1. The fourth-order valence-electron chi connectivity index (χ4n) is 1.94. The van der Waals surface area contributed by atoms with Gasteiger partial charge in [-0.05, 0) is 12.5 Å². The molecule has 1 aromatic heterocycles. The molecule has 1 fully saturated rings.